The molecule has 1 aromatic carbocycles. The Labute approximate surface area is 106 Å². The third-order valence-electron chi connectivity index (χ3n) is 2.75. The molecule has 0 aliphatic heterocycles. The Kier molecular flexibility index (Phi) is 4.11. The summed E-state index contributed by atoms with van der Waals surface area (Å²) in [7, 11) is 0. The minimum absolute atomic E-state index is 0.0508. The maximum atomic E-state index is 13.3. The average Bonchev–Trinajstić information content (AvgIpc) is 2.30. The van der Waals surface area contributed by atoms with E-state index in [-0.39, 0.29) is 16.6 Å². The number of hydrogen-bond donors (Lipinski definition) is 3. The van der Waals surface area contributed by atoms with Gasteiger partial charge in [0.1, 0.15) is 0 Å². The van der Waals surface area contributed by atoms with Crippen molar-refractivity contribution >= 4 is 15.9 Å². The Morgan fingerprint density at radius 1 is 1.41 bits per heavy atom. The van der Waals surface area contributed by atoms with Gasteiger partial charge in [-0.15, -0.1) is 0 Å². The Morgan fingerprint density at radius 2 is 1.94 bits per heavy atom. The van der Waals surface area contributed by atoms with Crippen molar-refractivity contribution < 1.29 is 19.0 Å². The first kappa shape index (κ1) is 14.3. The molecule has 0 heterocycles. The van der Waals surface area contributed by atoms with Crippen LogP contribution in [-0.2, 0) is 0 Å². The molecule has 0 saturated heterocycles. The summed E-state index contributed by atoms with van der Waals surface area (Å²) in [6.07, 6.45) is 0. The molecular formula is C11H14BrF2NO2. The van der Waals surface area contributed by atoms with Gasteiger partial charge in [-0.25, -0.2) is 4.39 Å². The van der Waals surface area contributed by atoms with Gasteiger partial charge >= 0.3 is 0 Å². The van der Waals surface area contributed by atoms with Crippen molar-refractivity contribution in [2.45, 2.75) is 19.9 Å². The summed E-state index contributed by atoms with van der Waals surface area (Å²) in [4.78, 5) is 0. The number of aromatic hydroxyl groups is 1. The van der Waals surface area contributed by atoms with E-state index in [1.165, 1.54) is 6.07 Å². The van der Waals surface area contributed by atoms with E-state index in [4.69, 9.17) is 10.8 Å². The monoisotopic (exact) mass is 309 g/mol. The largest absolute Gasteiger partial charge is 0.505 e. The molecule has 3 nitrogen and oxygen atoms in total. The van der Waals surface area contributed by atoms with Gasteiger partial charge in [-0.05, 0) is 22.0 Å². The highest BCUT2D eigenvalue weighted by atomic mass is 79.9. The van der Waals surface area contributed by atoms with E-state index in [0.29, 0.717) is 0 Å². The van der Waals surface area contributed by atoms with Crippen molar-refractivity contribution in [3.05, 3.63) is 27.7 Å². The van der Waals surface area contributed by atoms with Crippen molar-refractivity contribution in [3.63, 3.8) is 0 Å². The van der Waals surface area contributed by atoms with Crippen LogP contribution in [-0.4, -0.2) is 16.8 Å². The molecule has 0 aliphatic carbocycles. The molecule has 0 aliphatic rings. The third-order valence-corrected chi connectivity index (χ3v) is 3.33. The average molecular weight is 310 g/mol. The van der Waals surface area contributed by atoms with Gasteiger partial charge in [0.2, 0.25) is 5.82 Å². The molecule has 6 heteroatoms. The molecule has 0 fully saturated rings. The van der Waals surface area contributed by atoms with Crippen molar-refractivity contribution in [2.75, 3.05) is 6.61 Å². The van der Waals surface area contributed by atoms with Gasteiger partial charge in [0.05, 0.1) is 4.47 Å². The van der Waals surface area contributed by atoms with E-state index < -0.39 is 28.8 Å². The van der Waals surface area contributed by atoms with E-state index in [0.717, 1.165) is 0 Å². The lowest BCUT2D eigenvalue weighted by atomic mass is 9.81. The molecule has 0 radical (unpaired) electrons. The number of phenols is 1. The van der Waals surface area contributed by atoms with Gasteiger partial charge in [0.25, 0.3) is 0 Å². The normalized spacial score (nSPS) is 13.8. The zero-order chi connectivity index (χ0) is 13.4. The summed E-state index contributed by atoms with van der Waals surface area (Å²) in [5.41, 5.74) is 5.13. The van der Waals surface area contributed by atoms with Gasteiger partial charge in [-0.3, -0.25) is 0 Å². The molecule has 96 valence electrons. The molecule has 4 N–H and O–H groups in total. The van der Waals surface area contributed by atoms with Crippen molar-refractivity contribution in [1.82, 2.24) is 0 Å². The molecule has 0 saturated carbocycles. The lowest BCUT2D eigenvalue weighted by Crippen LogP contribution is -2.32. The number of hydrogen-bond acceptors (Lipinski definition) is 3. The first-order valence-electron chi connectivity index (χ1n) is 4.95. The number of halogens is 3. The maximum Gasteiger partial charge on any atom is 0.201 e. The van der Waals surface area contributed by atoms with Gasteiger partial charge in [-0.1, -0.05) is 13.8 Å². The van der Waals surface area contributed by atoms with Crippen molar-refractivity contribution in [1.29, 1.82) is 0 Å². The van der Waals surface area contributed by atoms with Crippen molar-refractivity contribution in [3.8, 4) is 5.75 Å². The van der Waals surface area contributed by atoms with Gasteiger partial charge in [0.15, 0.2) is 11.6 Å². The van der Waals surface area contributed by atoms with Gasteiger partial charge in [0, 0.05) is 23.6 Å². The first-order chi connectivity index (χ1) is 7.72. The third kappa shape index (κ3) is 2.59. The molecule has 1 aromatic rings. The van der Waals surface area contributed by atoms with E-state index in [1.54, 1.807) is 13.8 Å². The topological polar surface area (TPSA) is 66.5 Å². The van der Waals surface area contributed by atoms with Crippen LogP contribution in [0.1, 0.15) is 25.5 Å². The molecule has 17 heavy (non-hydrogen) atoms. The molecule has 0 spiro atoms. The summed E-state index contributed by atoms with van der Waals surface area (Å²) in [6, 6.07) is 0.398. The highest BCUT2D eigenvalue weighted by Gasteiger charge is 2.31. The highest BCUT2D eigenvalue weighted by Crippen LogP contribution is 2.39. The van der Waals surface area contributed by atoms with E-state index in [1.807, 2.05) is 0 Å². The number of aliphatic hydroxyl groups is 1. The summed E-state index contributed by atoms with van der Waals surface area (Å²) >= 11 is 2.84. The summed E-state index contributed by atoms with van der Waals surface area (Å²) in [6.45, 7) is 3.07. The number of nitrogens with two attached hydrogens (primary N) is 1. The van der Waals surface area contributed by atoms with E-state index in [2.05, 4.69) is 15.9 Å². The van der Waals surface area contributed by atoms with Crippen LogP contribution in [0.5, 0.6) is 5.75 Å². The van der Waals surface area contributed by atoms with Gasteiger partial charge in [-0.2, -0.15) is 4.39 Å². The van der Waals surface area contributed by atoms with Gasteiger partial charge < -0.3 is 15.9 Å². The number of phenolic OH excluding ortho intramolecular Hbond substituents is 1. The van der Waals surface area contributed by atoms with Crippen LogP contribution in [0.3, 0.4) is 0 Å². The van der Waals surface area contributed by atoms with Crippen LogP contribution in [0.4, 0.5) is 8.78 Å². The fraction of sp³-hybridized carbons (Fsp3) is 0.455. The van der Waals surface area contributed by atoms with Crippen LogP contribution in [0, 0.1) is 17.0 Å². The number of benzene rings is 1. The molecule has 1 rings (SSSR count). The fourth-order valence-corrected chi connectivity index (χ4v) is 1.78. The predicted molar refractivity (Wildman–Crippen MR) is 63.5 cm³/mol. The quantitative estimate of drug-likeness (QED) is 0.751. The number of aliphatic hydroxyl groups excluding tert-OH is 1. The Hall–Kier alpha value is -0.720. The number of rotatable bonds is 3. The Morgan fingerprint density at radius 3 is 2.41 bits per heavy atom. The van der Waals surface area contributed by atoms with Crippen LogP contribution >= 0.6 is 15.9 Å². The maximum absolute atomic E-state index is 13.3. The van der Waals surface area contributed by atoms with Crippen LogP contribution < -0.4 is 5.73 Å². The molecular weight excluding hydrogens is 296 g/mol. The highest BCUT2D eigenvalue weighted by molar-refractivity contribution is 9.10. The Balaban J connectivity index is 3.33. The van der Waals surface area contributed by atoms with Crippen LogP contribution in [0.25, 0.3) is 0 Å². The van der Waals surface area contributed by atoms with Crippen LogP contribution in [0.15, 0.2) is 10.5 Å². The molecule has 0 unspecified atom stereocenters. The summed E-state index contributed by atoms with van der Waals surface area (Å²) in [5, 5.41) is 18.7. The summed E-state index contributed by atoms with van der Waals surface area (Å²) in [5.74, 6) is -3.33. The SMILES string of the molecule is CC(C)(CO)[C@@H](N)c1cc(Br)c(F)c(F)c1O. The second-order valence-electron chi connectivity index (χ2n) is 4.55. The van der Waals surface area contributed by atoms with Crippen LogP contribution in [0.2, 0.25) is 0 Å². The predicted octanol–water partition coefficient (Wildman–Crippen LogP) is 2.45. The summed E-state index contributed by atoms with van der Waals surface area (Å²) < 4.78 is 26.4. The van der Waals surface area contributed by atoms with Crippen molar-refractivity contribution in [2.24, 2.45) is 11.1 Å². The minimum Gasteiger partial charge on any atom is -0.505 e. The lowest BCUT2D eigenvalue weighted by Gasteiger charge is -2.30. The molecule has 1 atom stereocenters. The van der Waals surface area contributed by atoms with E-state index in [9.17, 15) is 13.9 Å². The Bertz CT molecular complexity index is 438. The molecule has 0 aromatic heterocycles. The zero-order valence-electron chi connectivity index (χ0n) is 9.47. The first-order valence-corrected chi connectivity index (χ1v) is 5.74. The smallest absolute Gasteiger partial charge is 0.201 e. The fourth-order valence-electron chi connectivity index (χ4n) is 1.36. The second-order valence-corrected chi connectivity index (χ2v) is 5.40. The zero-order valence-corrected chi connectivity index (χ0v) is 11.1. The molecule has 0 bridgehead atoms. The second kappa shape index (κ2) is 4.88. The van der Waals surface area contributed by atoms with E-state index >= 15 is 0 Å². The minimum atomic E-state index is -1.35. The standard InChI is InChI=1S/C11H14BrF2NO2/c1-11(2,4-16)10(15)5-3-6(12)7(13)8(14)9(5)17/h3,10,16-17H,4,15H2,1-2H3/t10-/m0/s1. The molecule has 0 amide bonds. The lowest BCUT2D eigenvalue weighted by molar-refractivity contribution is 0.130.